The maximum atomic E-state index is 13.0. The topological polar surface area (TPSA) is 80.8 Å². The minimum absolute atomic E-state index is 0.193. The molecule has 1 unspecified atom stereocenters. The van der Waals surface area contributed by atoms with Crippen LogP contribution in [0.5, 0.6) is 11.5 Å². The number of alkyl halides is 3. The van der Waals surface area contributed by atoms with Crippen LogP contribution in [0.2, 0.25) is 0 Å². The highest BCUT2D eigenvalue weighted by atomic mass is 19.4. The van der Waals surface area contributed by atoms with E-state index in [4.69, 9.17) is 4.74 Å². The molecule has 1 N–H and O–H groups in total. The van der Waals surface area contributed by atoms with E-state index in [9.17, 15) is 22.8 Å². The number of nitrogens with zero attached hydrogens (tertiary/aromatic N) is 2. The first-order valence-corrected chi connectivity index (χ1v) is 8.77. The number of carbonyl (C=O) groups excluding carboxylic acids is 2. The molecule has 7 nitrogen and oxygen atoms in total. The molecule has 1 atom stereocenters. The second-order valence-corrected chi connectivity index (χ2v) is 6.33. The Morgan fingerprint density at radius 3 is 2.52 bits per heavy atom. The molecule has 2 aromatic rings. The van der Waals surface area contributed by atoms with Crippen molar-refractivity contribution in [3.63, 3.8) is 0 Å². The summed E-state index contributed by atoms with van der Waals surface area (Å²) < 4.78 is 46.2. The Morgan fingerprint density at radius 2 is 1.90 bits per heavy atom. The van der Waals surface area contributed by atoms with Gasteiger partial charge in [0.1, 0.15) is 18.0 Å². The van der Waals surface area contributed by atoms with Crippen molar-refractivity contribution in [2.24, 2.45) is 0 Å². The van der Waals surface area contributed by atoms with Crippen LogP contribution < -0.4 is 19.7 Å². The number of rotatable bonds is 5. The molecule has 2 amide bonds. The molecule has 0 saturated carbocycles. The van der Waals surface area contributed by atoms with E-state index in [-0.39, 0.29) is 24.6 Å². The number of hydrogen-bond donors (Lipinski definition) is 1. The second-order valence-electron chi connectivity index (χ2n) is 6.33. The maximum Gasteiger partial charge on any atom is 0.573 e. The molecular formula is C19H18F3N3O4. The smallest absolute Gasteiger partial charge is 0.481 e. The predicted molar refractivity (Wildman–Crippen MR) is 97.8 cm³/mol. The Bertz CT molecular complexity index is 916. The summed E-state index contributed by atoms with van der Waals surface area (Å²) >= 11 is 0. The molecule has 0 radical (unpaired) electrons. The zero-order valence-corrected chi connectivity index (χ0v) is 15.6. The van der Waals surface area contributed by atoms with Gasteiger partial charge >= 0.3 is 6.36 Å². The Labute approximate surface area is 164 Å². The van der Waals surface area contributed by atoms with Gasteiger partial charge < -0.3 is 14.8 Å². The summed E-state index contributed by atoms with van der Waals surface area (Å²) in [4.78, 5) is 30.5. The SMILES string of the molecule is CCC(Oc1ccc(OC(F)(F)F)cc1)C(=O)N1CC(=O)Nc2c(C)ccnc21. The fourth-order valence-electron chi connectivity index (χ4n) is 2.85. The fraction of sp³-hybridized carbons (Fsp3) is 0.316. The molecule has 2 heterocycles. The van der Waals surface area contributed by atoms with Crippen LogP contribution in [0.3, 0.4) is 0 Å². The fourth-order valence-corrected chi connectivity index (χ4v) is 2.85. The van der Waals surface area contributed by atoms with Crippen LogP contribution in [0.25, 0.3) is 0 Å². The highest BCUT2D eigenvalue weighted by Gasteiger charge is 2.34. The van der Waals surface area contributed by atoms with E-state index in [2.05, 4.69) is 15.0 Å². The van der Waals surface area contributed by atoms with Crippen LogP contribution in [0.15, 0.2) is 36.5 Å². The van der Waals surface area contributed by atoms with E-state index in [1.807, 2.05) is 0 Å². The molecule has 10 heteroatoms. The first-order valence-electron chi connectivity index (χ1n) is 8.77. The highest BCUT2D eigenvalue weighted by molar-refractivity contribution is 6.10. The lowest BCUT2D eigenvalue weighted by molar-refractivity contribution is -0.274. The first kappa shape index (κ1) is 20.4. The third-order valence-corrected chi connectivity index (χ3v) is 4.21. The highest BCUT2D eigenvalue weighted by Crippen LogP contribution is 2.31. The monoisotopic (exact) mass is 409 g/mol. The summed E-state index contributed by atoms with van der Waals surface area (Å²) in [7, 11) is 0. The lowest BCUT2D eigenvalue weighted by Gasteiger charge is -2.31. The van der Waals surface area contributed by atoms with Gasteiger partial charge in [0, 0.05) is 6.20 Å². The standard InChI is InChI=1S/C19H18F3N3O4/c1-3-14(28-12-4-6-13(7-5-12)29-19(20,21)22)18(27)25-10-15(26)24-16-11(2)8-9-23-17(16)25/h4-9,14H,3,10H2,1-2H3,(H,24,26). The number of nitrogens with one attached hydrogen (secondary N) is 1. The number of halogens is 3. The summed E-state index contributed by atoms with van der Waals surface area (Å²) in [6.45, 7) is 3.30. The summed E-state index contributed by atoms with van der Waals surface area (Å²) in [5, 5.41) is 2.70. The quantitative estimate of drug-likeness (QED) is 0.819. The number of aryl methyl sites for hydroxylation is 1. The number of hydrogen-bond acceptors (Lipinski definition) is 5. The van der Waals surface area contributed by atoms with Crippen molar-refractivity contribution < 1.29 is 32.2 Å². The normalized spacial score (nSPS) is 14.7. The summed E-state index contributed by atoms with van der Waals surface area (Å²) in [5.74, 6) is -0.711. The molecule has 1 aliphatic rings. The number of aromatic nitrogens is 1. The van der Waals surface area contributed by atoms with Crippen LogP contribution in [-0.2, 0) is 9.59 Å². The third kappa shape index (κ3) is 4.76. The van der Waals surface area contributed by atoms with Gasteiger partial charge in [0.05, 0.1) is 5.69 Å². The van der Waals surface area contributed by atoms with E-state index in [1.54, 1.807) is 19.9 Å². The number of anilines is 2. The number of benzene rings is 1. The number of pyridine rings is 1. The van der Waals surface area contributed by atoms with Gasteiger partial charge in [-0.25, -0.2) is 4.98 Å². The van der Waals surface area contributed by atoms with Gasteiger partial charge in [0.25, 0.3) is 5.91 Å². The number of fused-ring (bicyclic) bond motifs is 1. The minimum Gasteiger partial charge on any atom is -0.481 e. The zero-order chi connectivity index (χ0) is 21.2. The van der Waals surface area contributed by atoms with Gasteiger partial charge in [-0.05, 0) is 49.2 Å². The van der Waals surface area contributed by atoms with Crippen molar-refractivity contribution >= 4 is 23.3 Å². The van der Waals surface area contributed by atoms with Crippen molar-refractivity contribution in [3.8, 4) is 11.5 Å². The van der Waals surface area contributed by atoms with E-state index >= 15 is 0 Å². The minimum atomic E-state index is -4.79. The molecule has 154 valence electrons. The van der Waals surface area contributed by atoms with Gasteiger partial charge in [-0.2, -0.15) is 0 Å². The molecule has 0 fully saturated rings. The van der Waals surface area contributed by atoms with Crippen molar-refractivity contribution in [1.29, 1.82) is 0 Å². The van der Waals surface area contributed by atoms with Crippen LogP contribution in [-0.4, -0.2) is 35.8 Å². The molecule has 0 spiro atoms. The molecule has 1 aromatic heterocycles. The second kappa shape index (κ2) is 7.98. The van der Waals surface area contributed by atoms with Gasteiger partial charge in [-0.15, -0.1) is 13.2 Å². The molecule has 29 heavy (non-hydrogen) atoms. The predicted octanol–water partition coefficient (Wildman–Crippen LogP) is 3.43. The molecule has 3 rings (SSSR count). The molecule has 1 aromatic carbocycles. The number of amides is 2. The summed E-state index contributed by atoms with van der Waals surface area (Å²) in [5.41, 5.74) is 1.22. The Hall–Kier alpha value is -3.30. The number of carbonyl (C=O) groups is 2. The summed E-state index contributed by atoms with van der Waals surface area (Å²) in [6.07, 6.45) is -3.94. The van der Waals surface area contributed by atoms with Gasteiger partial charge in [-0.3, -0.25) is 14.5 Å². The van der Waals surface area contributed by atoms with Crippen LogP contribution in [0.4, 0.5) is 24.7 Å². The molecule has 0 aliphatic carbocycles. The van der Waals surface area contributed by atoms with Crippen molar-refractivity contribution in [2.45, 2.75) is 32.7 Å². The molecule has 0 saturated heterocycles. The van der Waals surface area contributed by atoms with Gasteiger partial charge in [0.15, 0.2) is 11.9 Å². The van der Waals surface area contributed by atoms with Crippen LogP contribution in [0, 0.1) is 6.92 Å². The average Bonchev–Trinajstić information content (AvgIpc) is 2.66. The molecule has 0 bridgehead atoms. The Kier molecular flexibility index (Phi) is 5.62. The van der Waals surface area contributed by atoms with Crippen LogP contribution in [0.1, 0.15) is 18.9 Å². The van der Waals surface area contributed by atoms with Crippen LogP contribution >= 0.6 is 0 Å². The van der Waals surface area contributed by atoms with E-state index in [0.717, 1.165) is 17.7 Å². The van der Waals surface area contributed by atoms with E-state index in [0.29, 0.717) is 11.5 Å². The first-order chi connectivity index (χ1) is 13.7. The molecule has 1 aliphatic heterocycles. The lowest BCUT2D eigenvalue weighted by Crippen LogP contribution is -2.48. The van der Waals surface area contributed by atoms with E-state index in [1.165, 1.54) is 23.2 Å². The Balaban J connectivity index is 1.78. The largest absolute Gasteiger partial charge is 0.573 e. The van der Waals surface area contributed by atoms with Crippen molar-refractivity contribution in [3.05, 3.63) is 42.1 Å². The summed E-state index contributed by atoms with van der Waals surface area (Å²) in [6, 6.07) is 6.45. The lowest BCUT2D eigenvalue weighted by atomic mass is 10.1. The van der Waals surface area contributed by atoms with E-state index < -0.39 is 24.1 Å². The zero-order valence-electron chi connectivity index (χ0n) is 15.6. The molecular weight excluding hydrogens is 391 g/mol. The van der Waals surface area contributed by atoms with Crippen molar-refractivity contribution in [1.82, 2.24) is 4.98 Å². The Morgan fingerprint density at radius 1 is 1.24 bits per heavy atom. The van der Waals surface area contributed by atoms with Gasteiger partial charge in [-0.1, -0.05) is 6.92 Å². The number of ether oxygens (including phenoxy) is 2. The maximum absolute atomic E-state index is 13.0. The van der Waals surface area contributed by atoms with Gasteiger partial charge in [0.2, 0.25) is 5.91 Å². The van der Waals surface area contributed by atoms with Crippen molar-refractivity contribution in [2.75, 3.05) is 16.8 Å². The third-order valence-electron chi connectivity index (χ3n) is 4.21. The average molecular weight is 409 g/mol.